The fraction of sp³-hybridized carbons (Fsp3) is 0.812. The monoisotopic (exact) mass is 348 g/mol. The Labute approximate surface area is 141 Å². The second-order valence-electron chi connectivity index (χ2n) is 5.78. The molecule has 1 heterocycles. The van der Waals surface area contributed by atoms with E-state index in [0.717, 1.165) is 32.2 Å². The summed E-state index contributed by atoms with van der Waals surface area (Å²) in [5, 5.41) is 0. The van der Waals surface area contributed by atoms with Gasteiger partial charge in [0.15, 0.2) is 0 Å². The number of nitrogens with zero attached hydrogens (tertiary/aromatic N) is 2. The third-order valence-electron chi connectivity index (χ3n) is 3.58. The Morgan fingerprint density at radius 1 is 1.22 bits per heavy atom. The lowest BCUT2D eigenvalue weighted by Crippen LogP contribution is -2.23. The molecule has 0 saturated heterocycles. The van der Waals surface area contributed by atoms with Crippen molar-refractivity contribution >= 4 is 10.4 Å². The van der Waals surface area contributed by atoms with Gasteiger partial charge in [-0.15, -0.1) is 0 Å². The third-order valence-corrected chi connectivity index (χ3v) is 4.01. The van der Waals surface area contributed by atoms with Crippen LogP contribution in [0.15, 0.2) is 18.7 Å². The van der Waals surface area contributed by atoms with Crippen molar-refractivity contribution in [3.63, 3.8) is 0 Å². The fourth-order valence-electron chi connectivity index (χ4n) is 2.05. The van der Waals surface area contributed by atoms with Gasteiger partial charge in [-0.25, -0.2) is 17.6 Å². The summed E-state index contributed by atoms with van der Waals surface area (Å²) in [6.45, 7) is 7.42. The van der Waals surface area contributed by atoms with Crippen LogP contribution in [0.4, 0.5) is 0 Å². The predicted octanol–water partition coefficient (Wildman–Crippen LogP) is 2.79. The summed E-state index contributed by atoms with van der Waals surface area (Å²) in [6, 6.07) is 0. The predicted molar refractivity (Wildman–Crippen MR) is 89.5 cm³/mol. The van der Waals surface area contributed by atoms with Gasteiger partial charge in [-0.2, -0.15) is 0 Å². The molecule has 0 aromatic carbocycles. The van der Waals surface area contributed by atoms with E-state index in [9.17, 15) is 13.0 Å². The summed E-state index contributed by atoms with van der Waals surface area (Å²) in [4.78, 5) is 0. The molecule has 0 aliphatic rings. The Morgan fingerprint density at radius 3 is 2.30 bits per heavy atom. The van der Waals surface area contributed by atoms with Gasteiger partial charge in [0.2, 0.25) is 16.7 Å². The highest BCUT2D eigenvalue weighted by molar-refractivity contribution is 7.80. The van der Waals surface area contributed by atoms with E-state index in [2.05, 4.69) is 45.9 Å². The molecule has 6 nitrogen and oxygen atoms in total. The third kappa shape index (κ3) is 13.2. The molecular formula is C16H32N2O4S. The van der Waals surface area contributed by atoms with Crippen molar-refractivity contribution < 1.29 is 21.7 Å². The van der Waals surface area contributed by atoms with Crippen LogP contribution in [0.2, 0.25) is 0 Å². The van der Waals surface area contributed by atoms with Crippen LogP contribution in [-0.2, 0) is 28.2 Å². The SMILES string of the molecule is CCCCC(CC)COS(=O)(=O)[O-].CCCCn1cc[n+](C)c1. The molecule has 0 spiro atoms. The number of imidazole rings is 1. The van der Waals surface area contributed by atoms with Crippen molar-refractivity contribution in [3.05, 3.63) is 18.7 Å². The molecular weight excluding hydrogens is 316 g/mol. The highest BCUT2D eigenvalue weighted by Gasteiger charge is 2.07. The second kappa shape index (κ2) is 12.5. The van der Waals surface area contributed by atoms with Crippen LogP contribution < -0.4 is 4.57 Å². The molecule has 0 N–H and O–H groups in total. The van der Waals surface area contributed by atoms with E-state index < -0.39 is 10.4 Å². The molecule has 0 fully saturated rings. The zero-order chi connectivity index (χ0) is 17.7. The van der Waals surface area contributed by atoms with Crippen molar-refractivity contribution in [2.45, 2.75) is 65.8 Å². The molecule has 23 heavy (non-hydrogen) atoms. The molecule has 0 aliphatic carbocycles. The van der Waals surface area contributed by atoms with Crippen LogP contribution in [0, 0.1) is 5.92 Å². The number of aromatic nitrogens is 2. The summed E-state index contributed by atoms with van der Waals surface area (Å²) >= 11 is 0. The molecule has 0 aliphatic heterocycles. The second-order valence-corrected chi connectivity index (χ2v) is 6.83. The Balaban J connectivity index is 0.000000433. The van der Waals surface area contributed by atoms with Crippen LogP contribution in [0.5, 0.6) is 0 Å². The van der Waals surface area contributed by atoms with Crippen LogP contribution in [0.1, 0.15) is 59.3 Å². The molecule has 7 heteroatoms. The van der Waals surface area contributed by atoms with Gasteiger partial charge in [0, 0.05) is 0 Å². The van der Waals surface area contributed by atoms with Gasteiger partial charge in [-0.05, 0) is 18.8 Å². The molecule has 1 aromatic rings. The average Bonchev–Trinajstić information content (AvgIpc) is 2.90. The van der Waals surface area contributed by atoms with Crippen molar-refractivity contribution in [2.75, 3.05) is 6.61 Å². The fourth-order valence-corrected chi connectivity index (χ4v) is 2.41. The van der Waals surface area contributed by atoms with Gasteiger partial charge in [0.05, 0.1) is 20.2 Å². The van der Waals surface area contributed by atoms with Gasteiger partial charge in [0.25, 0.3) is 0 Å². The molecule has 0 saturated carbocycles. The summed E-state index contributed by atoms with van der Waals surface area (Å²) in [7, 11) is -2.46. The molecule has 136 valence electrons. The lowest BCUT2D eigenvalue weighted by atomic mass is 10.0. The minimum Gasteiger partial charge on any atom is -0.726 e. The quantitative estimate of drug-likeness (QED) is 0.370. The first kappa shape index (κ1) is 22.1. The minimum atomic E-state index is -4.50. The molecule has 1 unspecified atom stereocenters. The molecule has 0 amide bonds. The van der Waals surface area contributed by atoms with Crippen LogP contribution in [0.25, 0.3) is 0 Å². The first-order valence-corrected chi connectivity index (χ1v) is 9.76. The van der Waals surface area contributed by atoms with E-state index in [1.165, 1.54) is 12.8 Å². The number of unbranched alkanes of at least 4 members (excludes halogenated alkanes) is 2. The first-order chi connectivity index (χ1) is 10.8. The van der Waals surface area contributed by atoms with Crippen LogP contribution in [-0.4, -0.2) is 24.1 Å². The van der Waals surface area contributed by atoms with E-state index in [-0.39, 0.29) is 12.5 Å². The van der Waals surface area contributed by atoms with Crippen LogP contribution in [0.3, 0.4) is 0 Å². The van der Waals surface area contributed by atoms with Gasteiger partial charge in [0.1, 0.15) is 12.4 Å². The Morgan fingerprint density at radius 2 is 1.87 bits per heavy atom. The van der Waals surface area contributed by atoms with E-state index in [1.807, 2.05) is 14.0 Å². The molecule has 1 atom stereocenters. The van der Waals surface area contributed by atoms with Crippen molar-refractivity contribution in [2.24, 2.45) is 13.0 Å². The molecule has 0 radical (unpaired) electrons. The number of hydrogen-bond donors (Lipinski definition) is 0. The standard InChI is InChI=1S/C8H15N2.C8H18O4S/c1-3-4-5-10-7-6-9(2)8-10;1-3-5-6-8(4-2)7-12-13(9,10)11/h6-8H,3-5H2,1-2H3;8H,3-7H2,1-2H3,(H,9,10,11)/q+1;/p-1. The van der Waals surface area contributed by atoms with Gasteiger partial charge in [-0.1, -0.05) is 46.5 Å². The number of hydrogen-bond acceptors (Lipinski definition) is 4. The maximum absolute atomic E-state index is 10.1. The lowest BCUT2D eigenvalue weighted by molar-refractivity contribution is -0.671. The number of aryl methyl sites for hydroxylation is 2. The van der Waals surface area contributed by atoms with E-state index in [0.29, 0.717) is 0 Å². The highest BCUT2D eigenvalue weighted by atomic mass is 32.3. The summed E-state index contributed by atoms with van der Waals surface area (Å²) in [6.07, 6.45) is 12.7. The average molecular weight is 349 g/mol. The summed E-state index contributed by atoms with van der Waals surface area (Å²) in [5.41, 5.74) is 0. The maximum Gasteiger partial charge on any atom is 0.243 e. The van der Waals surface area contributed by atoms with E-state index in [4.69, 9.17) is 0 Å². The summed E-state index contributed by atoms with van der Waals surface area (Å²) in [5.74, 6) is 0.184. The van der Waals surface area contributed by atoms with E-state index >= 15 is 0 Å². The normalized spacial score (nSPS) is 12.6. The zero-order valence-corrected chi connectivity index (χ0v) is 15.7. The minimum absolute atomic E-state index is 0.0301. The largest absolute Gasteiger partial charge is 0.726 e. The number of rotatable bonds is 10. The Bertz CT molecular complexity index is 500. The first-order valence-electron chi connectivity index (χ1n) is 8.43. The molecule has 1 rings (SSSR count). The Kier molecular flexibility index (Phi) is 12.0. The summed E-state index contributed by atoms with van der Waals surface area (Å²) < 4.78 is 38.9. The maximum atomic E-state index is 10.1. The lowest BCUT2D eigenvalue weighted by Gasteiger charge is -2.15. The van der Waals surface area contributed by atoms with Gasteiger partial charge < -0.3 is 4.55 Å². The van der Waals surface area contributed by atoms with Gasteiger partial charge in [-0.3, -0.25) is 4.18 Å². The van der Waals surface area contributed by atoms with Gasteiger partial charge >= 0.3 is 0 Å². The van der Waals surface area contributed by atoms with E-state index in [1.54, 1.807) is 0 Å². The topological polar surface area (TPSA) is 75.2 Å². The van der Waals surface area contributed by atoms with Crippen molar-refractivity contribution in [1.29, 1.82) is 0 Å². The van der Waals surface area contributed by atoms with Crippen molar-refractivity contribution in [3.8, 4) is 0 Å². The smallest absolute Gasteiger partial charge is 0.243 e. The molecule has 0 bridgehead atoms. The van der Waals surface area contributed by atoms with Crippen molar-refractivity contribution in [1.82, 2.24) is 4.57 Å². The Hall–Kier alpha value is -0.920. The highest BCUT2D eigenvalue weighted by Crippen LogP contribution is 2.13. The zero-order valence-electron chi connectivity index (χ0n) is 14.9. The molecule has 1 aromatic heterocycles. The van der Waals surface area contributed by atoms with Crippen LogP contribution >= 0.6 is 0 Å².